The molecule has 0 radical (unpaired) electrons. The highest BCUT2D eigenvalue weighted by Crippen LogP contribution is 2.28. The zero-order chi connectivity index (χ0) is 13.9. The first-order valence-corrected chi connectivity index (χ1v) is 5.20. The lowest BCUT2D eigenvalue weighted by atomic mass is 10.1. The van der Waals surface area contributed by atoms with E-state index in [0.29, 0.717) is 0 Å². The maximum Gasteiger partial charge on any atom is 0.308 e. The molecule has 0 aliphatic rings. The van der Waals surface area contributed by atoms with Gasteiger partial charge in [-0.15, -0.1) is 0 Å². The number of rotatable bonds is 5. The molecule has 7 heteroatoms. The second-order valence-electron chi connectivity index (χ2n) is 4.01. The normalized spacial score (nSPS) is 11.9. The smallest absolute Gasteiger partial charge is 0.308 e. The maximum atomic E-state index is 13.1. The van der Waals surface area contributed by atoms with Crippen LogP contribution in [0.4, 0.5) is 15.8 Å². The van der Waals surface area contributed by atoms with Crippen LogP contribution in [0.5, 0.6) is 0 Å². The van der Waals surface area contributed by atoms with E-state index in [0.717, 1.165) is 18.2 Å². The Morgan fingerprint density at radius 3 is 2.72 bits per heavy atom. The lowest BCUT2D eigenvalue weighted by Crippen LogP contribution is -2.28. The van der Waals surface area contributed by atoms with Crippen LogP contribution in [-0.2, 0) is 4.79 Å². The van der Waals surface area contributed by atoms with E-state index in [1.54, 1.807) is 0 Å². The van der Waals surface area contributed by atoms with Crippen LogP contribution in [0.3, 0.4) is 0 Å². The van der Waals surface area contributed by atoms with E-state index in [1.165, 1.54) is 18.9 Å². The molecule has 0 saturated heterocycles. The fraction of sp³-hybridized carbons (Fsp3) is 0.364. The average molecular weight is 256 g/mol. The third-order valence-electron chi connectivity index (χ3n) is 2.51. The molecule has 0 aliphatic carbocycles. The Kier molecular flexibility index (Phi) is 4.19. The van der Waals surface area contributed by atoms with Crippen LogP contribution in [0.1, 0.15) is 6.92 Å². The molecule has 0 amide bonds. The van der Waals surface area contributed by atoms with E-state index < -0.39 is 22.6 Å². The first-order valence-electron chi connectivity index (χ1n) is 5.20. The molecule has 1 N–H and O–H groups in total. The molecule has 1 rings (SSSR count). The van der Waals surface area contributed by atoms with Crippen LogP contribution in [0.25, 0.3) is 0 Å². The Bertz CT molecular complexity index is 478. The molecule has 98 valence electrons. The fourth-order valence-electron chi connectivity index (χ4n) is 1.54. The SMILES string of the molecule is CC(CN(C)c1cc(F)ccc1[N+](=O)[O-])C(=O)O. The number of carboxylic acid groups (broad SMARTS) is 1. The molecule has 0 aliphatic heterocycles. The van der Waals surface area contributed by atoms with Crippen molar-refractivity contribution in [2.75, 3.05) is 18.5 Å². The Morgan fingerprint density at radius 1 is 1.61 bits per heavy atom. The van der Waals surface area contributed by atoms with E-state index in [1.807, 2.05) is 0 Å². The van der Waals surface area contributed by atoms with Gasteiger partial charge in [0.2, 0.25) is 0 Å². The summed E-state index contributed by atoms with van der Waals surface area (Å²) in [5.74, 6) is -2.33. The first kappa shape index (κ1) is 13.9. The van der Waals surface area contributed by atoms with Gasteiger partial charge in [0, 0.05) is 25.7 Å². The summed E-state index contributed by atoms with van der Waals surface area (Å²) in [6.45, 7) is 1.53. The van der Waals surface area contributed by atoms with Gasteiger partial charge >= 0.3 is 5.97 Å². The predicted molar refractivity (Wildman–Crippen MR) is 63.1 cm³/mol. The van der Waals surface area contributed by atoms with Crippen molar-refractivity contribution in [1.82, 2.24) is 0 Å². The standard InChI is InChI=1S/C11H13FN2O4/c1-7(11(15)16)6-13(2)10-5-8(12)3-4-9(10)14(17)18/h3-5,7H,6H2,1-2H3,(H,15,16). The number of hydrogen-bond acceptors (Lipinski definition) is 4. The second-order valence-corrected chi connectivity index (χ2v) is 4.01. The highest BCUT2D eigenvalue weighted by Gasteiger charge is 2.21. The minimum Gasteiger partial charge on any atom is -0.481 e. The molecular weight excluding hydrogens is 243 g/mol. The van der Waals surface area contributed by atoms with Gasteiger partial charge in [0.05, 0.1) is 10.8 Å². The van der Waals surface area contributed by atoms with Crippen LogP contribution in [-0.4, -0.2) is 29.6 Å². The summed E-state index contributed by atoms with van der Waals surface area (Å²) in [7, 11) is 1.49. The molecule has 0 fully saturated rings. The minimum absolute atomic E-state index is 0.0552. The molecule has 0 heterocycles. The van der Waals surface area contributed by atoms with Gasteiger partial charge in [0.15, 0.2) is 0 Å². The molecule has 1 aromatic carbocycles. The van der Waals surface area contributed by atoms with Gasteiger partial charge in [-0.25, -0.2) is 4.39 Å². The van der Waals surface area contributed by atoms with Crippen molar-refractivity contribution in [2.24, 2.45) is 5.92 Å². The number of carboxylic acids is 1. The van der Waals surface area contributed by atoms with Crippen molar-refractivity contribution < 1.29 is 19.2 Å². The number of halogens is 1. The van der Waals surface area contributed by atoms with E-state index in [9.17, 15) is 19.3 Å². The lowest BCUT2D eigenvalue weighted by molar-refractivity contribution is -0.384. The molecule has 1 unspecified atom stereocenters. The number of benzene rings is 1. The third-order valence-corrected chi connectivity index (χ3v) is 2.51. The summed E-state index contributed by atoms with van der Waals surface area (Å²) in [5.41, 5.74) is -0.190. The number of nitrogens with zero attached hydrogens (tertiary/aromatic N) is 2. The van der Waals surface area contributed by atoms with E-state index in [-0.39, 0.29) is 17.9 Å². The van der Waals surface area contributed by atoms with Crippen LogP contribution in [0, 0.1) is 21.8 Å². The van der Waals surface area contributed by atoms with E-state index in [2.05, 4.69) is 0 Å². The van der Waals surface area contributed by atoms with Gasteiger partial charge in [-0.2, -0.15) is 0 Å². The van der Waals surface area contributed by atoms with Crippen molar-refractivity contribution in [3.05, 3.63) is 34.1 Å². The zero-order valence-electron chi connectivity index (χ0n) is 9.96. The molecule has 0 bridgehead atoms. The van der Waals surface area contributed by atoms with Gasteiger partial charge in [-0.05, 0) is 6.07 Å². The molecule has 0 aromatic heterocycles. The molecule has 0 spiro atoms. The largest absolute Gasteiger partial charge is 0.481 e. The molecule has 6 nitrogen and oxygen atoms in total. The fourth-order valence-corrected chi connectivity index (χ4v) is 1.54. The van der Waals surface area contributed by atoms with Gasteiger partial charge in [0.25, 0.3) is 5.69 Å². The topological polar surface area (TPSA) is 83.7 Å². The molecule has 18 heavy (non-hydrogen) atoms. The number of anilines is 1. The average Bonchev–Trinajstić information content (AvgIpc) is 2.28. The number of nitro groups is 1. The van der Waals surface area contributed by atoms with Crippen LogP contribution in [0.15, 0.2) is 18.2 Å². The zero-order valence-corrected chi connectivity index (χ0v) is 9.96. The predicted octanol–water partition coefficient (Wildman–Crippen LogP) is 1.89. The van der Waals surface area contributed by atoms with Gasteiger partial charge in [-0.3, -0.25) is 14.9 Å². The number of aliphatic carboxylic acids is 1. The summed E-state index contributed by atoms with van der Waals surface area (Å²) >= 11 is 0. The Labute approximate surface area is 103 Å². The van der Waals surface area contributed by atoms with Crippen molar-refractivity contribution in [2.45, 2.75) is 6.92 Å². The van der Waals surface area contributed by atoms with Crippen LogP contribution >= 0.6 is 0 Å². The van der Waals surface area contributed by atoms with Crippen LogP contribution < -0.4 is 4.90 Å². The summed E-state index contributed by atoms with van der Waals surface area (Å²) < 4.78 is 13.1. The van der Waals surface area contributed by atoms with Gasteiger partial charge < -0.3 is 10.0 Å². The summed E-state index contributed by atoms with van der Waals surface area (Å²) in [6.07, 6.45) is 0. The number of carbonyl (C=O) groups is 1. The number of hydrogen-bond donors (Lipinski definition) is 1. The van der Waals surface area contributed by atoms with E-state index >= 15 is 0 Å². The summed E-state index contributed by atoms with van der Waals surface area (Å²) in [4.78, 5) is 22.2. The van der Waals surface area contributed by atoms with Crippen LogP contribution in [0.2, 0.25) is 0 Å². The van der Waals surface area contributed by atoms with Gasteiger partial charge in [0.1, 0.15) is 11.5 Å². The quantitative estimate of drug-likeness (QED) is 0.642. The molecule has 1 atom stereocenters. The second kappa shape index (κ2) is 5.44. The number of nitro benzene ring substituents is 1. The Morgan fingerprint density at radius 2 is 2.22 bits per heavy atom. The first-order chi connectivity index (χ1) is 8.32. The van der Waals surface area contributed by atoms with E-state index in [4.69, 9.17) is 5.11 Å². The highest BCUT2D eigenvalue weighted by atomic mass is 19.1. The van der Waals surface area contributed by atoms with Crippen molar-refractivity contribution >= 4 is 17.3 Å². The molecule has 0 saturated carbocycles. The molecular formula is C11H13FN2O4. The van der Waals surface area contributed by atoms with Crippen molar-refractivity contribution in [3.63, 3.8) is 0 Å². The lowest BCUT2D eigenvalue weighted by Gasteiger charge is -2.21. The summed E-state index contributed by atoms with van der Waals surface area (Å²) in [5, 5.41) is 19.6. The highest BCUT2D eigenvalue weighted by molar-refractivity contribution is 5.71. The maximum absolute atomic E-state index is 13.1. The Balaban J connectivity index is 3.03. The monoisotopic (exact) mass is 256 g/mol. The van der Waals surface area contributed by atoms with Gasteiger partial charge in [-0.1, -0.05) is 6.92 Å². The minimum atomic E-state index is -1.01. The van der Waals surface area contributed by atoms with Crippen molar-refractivity contribution in [3.8, 4) is 0 Å². The summed E-state index contributed by atoms with van der Waals surface area (Å²) in [6, 6.07) is 3.08. The molecule has 1 aromatic rings. The Hall–Kier alpha value is -2.18. The third kappa shape index (κ3) is 3.16. The van der Waals surface area contributed by atoms with Crippen molar-refractivity contribution in [1.29, 1.82) is 0 Å².